The second kappa shape index (κ2) is 3.34. The highest BCUT2D eigenvalue weighted by Crippen LogP contribution is 2.38. The number of fused-ring (bicyclic) bond motifs is 1. The molecule has 2 rings (SSSR count). The van der Waals surface area contributed by atoms with Crippen molar-refractivity contribution in [3.8, 4) is 0 Å². The fraction of sp³-hybridized carbons (Fsp3) is 0.357. The van der Waals surface area contributed by atoms with Crippen LogP contribution in [0.2, 0.25) is 0 Å². The van der Waals surface area contributed by atoms with Crippen LogP contribution in [0.4, 0.5) is 0 Å². The molecule has 1 aliphatic carbocycles. The van der Waals surface area contributed by atoms with Crippen molar-refractivity contribution in [3.63, 3.8) is 0 Å². The van der Waals surface area contributed by atoms with Crippen molar-refractivity contribution in [2.24, 2.45) is 5.41 Å². The Morgan fingerprint density at radius 1 is 1.07 bits per heavy atom. The molecule has 15 heavy (non-hydrogen) atoms. The van der Waals surface area contributed by atoms with Crippen molar-refractivity contribution < 1.29 is 4.79 Å². The van der Waals surface area contributed by atoms with Crippen molar-refractivity contribution >= 4 is 11.4 Å². The molecule has 1 aliphatic rings. The van der Waals surface area contributed by atoms with E-state index in [0.717, 1.165) is 11.1 Å². The second-order valence-corrected chi connectivity index (χ2v) is 5.04. The number of hydrogen-bond donors (Lipinski definition) is 0. The summed E-state index contributed by atoms with van der Waals surface area (Å²) in [5.74, 6) is 0.235. The minimum atomic E-state index is 0.108. The normalized spacial score (nSPS) is 15.9. The smallest absolute Gasteiger partial charge is 0.167 e. The Hall–Kier alpha value is -1.37. The van der Waals surface area contributed by atoms with Gasteiger partial charge in [-0.3, -0.25) is 4.79 Å². The molecule has 0 saturated heterocycles. The largest absolute Gasteiger partial charge is 0.294 e. The molecule has 0 N–H and O–H groups in total. The van der Waals surface area contributed by atoms with E-state index in [-0.39, 0.29) is 11.2 Å². The van der Waals surface area contributed by atoms with Crippen LogP contribution in [-0.4, -0.2) is 5.78 Å². The Kier molecular flexibility index (Phi) is 2.26. The van der Waals surface area contributed by atoms with E-state index >= 15 is 0 Å². The lowest BCUT2D eigenvalue weighted by Crippen LogP contribution is -2.16. The van der Waals surface area contributed by atoms with Gasteiger partial charge in [-0.15, -0.1) is 0 Å². The molecule has 1 aromatic rings. The molecule has 0 radical (unpaired) electrons. The summed E-state index contributed by atoms with van der Waals surface area (Å²) in [5.41, 5.74) is 3.39. The van der Waals surface area contributed by atoms with E-state index in [1.54, 1.807) is 0 Å². The topological polar surface area (TPSA) is 17.1 Å². The highest BCUT2D eigenvalue weighted by Gasteiger charge is 2.25. The Morgan fingerprint density at radius 2 is 1.67 bits per heavy atom. The molecule has 0 spiro atoms. The third kappa shape index (κ3) is 1.74. The van der Waals surface area contributed by atoms with Crippen molar-refractivity contribution in [2.75, 3.05) is 0 Å². The molecule has 0 atom stereocenters. The Labute approximate surface area is 90.8 Å². The number of carbonyl (C=O) groups excluding carboxylic acids is 1. The van der Waals surface area contributed by atoms with Crippen molar-refractivity contribution in [1.82, 2.24) is 0 Å². The van der Waals surface area contributed by atoms with Gasteiger partial charge in [0, 0.05) is 12.0 Å². The molecule has 0 saturated carbocycles. The average molecular weight is 200 g/mol. The number of rotatable bonds is 0. The molecular weight excluding hydrogens is 184 g/mol. The summed E-state index contributed by atoms with van der Waals surface area (Å²) in [6, 6.07) is 7.90. The number of carbonyl (C=O) groups is 1. The van der Waals surface area contributed by atoms with Crippen molar-refractivity contribution in [2.45, 2.75) is 27.2 Å². The van der Waals surface area contributed by atoms with E-state index < -0.39 is 0 Å². The molecule has 0 aliphatic heterocycles. The van der Waals surface area contributed by atoms with E-state index in [9.17, 15) is 4.79 Å². The maximum absolute atomic E-state index is 11.7. The zero-order valence-electron chi connectivity index (χ0n) is 9.50. The summed E-state index contributed by atoms with van der Waals surface area (Å²) in [4.78, 5) is 11.7. The third-order valence-corrected chi connectivity index (χ3v) is 2.82. The van der Waals surface area contributed by atoms with Gasteiger partial charge in [0.1, 0.15) is 0 Å². The molecule has 0 aromatic heterocycles. The van der Waals surface area contributed by atoms with Gasteiger partial charge >= 0.3 is 0 Å². The first-order valence-corrected chi connectivity index (χ1v) is 5.33. The molecule has 0 unspecified atom stereocenters. The predicted octanol–water partition coefficient (Wildman–Crippen LogP) is 3.70. The van der Waals surface area contributed by atoms with E-state index in [2.05, 4.69) is 26.8 Å². The molecule has 0 amide bonds. The summed E-state index contributed by atoms with van der Waals surface area (Å²) < 4.78 is 0. The van der Waals surface area contributed by atoms with E-state index in [0.29, 0.717) is 6.42 Å². The summed E-state index contributed by atoms with van der Waals surface area (Å²) in [5, 5.41) is 0. The van der Waals surface area contributed by atoms with Gasteiger partial charge in [0.2, 0.25) is 0 Å². The number of allylic oxidation sites excluding steroid dienone is 2. The van der Waals surface area contributed by atoms with Crippen LogP contribution in [0.3, 0.4) is 0 Å². The van der Waals surface area contributed by atoms with Crippen LogP contribution in [-0.2, 0) is 0 Å². The second-order valence-electron chi connectivity index (χ2n) is 5.04. The maximum atomic E-state index is 11.7. The van der Waals surface area contributed by atoms with Crippen LogP contribution in [0.1, 0.15) is 43.1 Å². The standard InChI is InChI=1S/C14H16O/c1-14(2,3)12-8-9-13(15)11-7-5-4-6-10(11)12/h4-8H,9H2,1-3H3. The number of hydrogen-bond acceptors (Lipinski definition) is 1. The van der Waals surface area contributed by atoms with Gasteiger partial charge in [-0.25, -0.2) is 0 Å². The Morgan fingerprint density at radius 3 is 2.27 bits per heavy atom. The van der Waals surface area contributed by atoms with Crippen LogP contribution in [0.5, 0.6) is 0 Å². The van der Waals surface area contributed by atoms with Crippen LogP contribution in [0.25, 0.3) is 5.57 Å². The van der Waals surface area contributed by atoms with Crippen molar-refractivity contribution in [1.29, 1.82) is 0 Å². The molecule has 78 valence electrons. The molecule has 1 nitrogen and oxygen atoms in total. The fourth-order valence-corrected chi connectivity index (χ4v) is 2.09. The first kappa shape index (κ1) is 10.2. The van der Waals surface area contributed by atoms with Gasteiger partial charge in [-0.2, -0.15) is 0 Å². The van der Waals surface area contributed by atoms with Crippen LogP contribution in [0, 0.1) is 5.41 Å². The van der Waals surface area contributed by atoms with Gasteiger partial charge in [0.15, 0.2) is 5.78 Å². The quantitative estimate of drug-likeness (QED) is 0.624. The number of benzene rings is 1. The maximum Gasteiger partial charge on any atom is 0.167 e. The van der Waals surface area contributed by atoms with Gasteiger partial charge in [-0.1, -0.05) is 51.1 Å². The summed E-state index contributed by atoms with van der Waals surface area (Å²) >= 11 is 0. The van der Waals surface area contributed by atoms with Gasteiger partial charge in [-0.05, 0) is 16.6 Å². The SMILES string of the molecule is CC(C)(C)C1=CCC(=O)c2ccccc21. The summed E-state index contributed by atoms with van der Waals surface area (Å²) in [6.45, 7) is 6.56. The minimum absolute atomic E-state index is 0.108. The first-order chi connectivity index (χ1) is 7.00. The third-order valence-electron chi connectivity index (χ3n) is 2.82. The number of ketones is 1. The number of Topliss-reactive ketones (excluding diaryl/α,β-unsaturated/α-hetero) is 1. The molecule has 0 heterocycles. The lowest BCUT2D eigenvalue weighted by atomic mass is 9.76. The summed E-state index contributed by atoms with van der Waals surface area (Å²) in [6.07, 6.45) is 2.62. The zero-order chi connectivity index (χ0) is 11.1. The summed E-state index contributed by atoms with van der Waals surface area (Å²) in [7, 11) is 0. The van der Waals surface area contributed by atoms with Gasteiger partial charge in [0.25, 0.3) is 0 Å². The van der Waals surface area contributed by atoms with Crippen LogP contribution >= 0.6 is 0 Å². The first-order valence-electron chi connectivity index (χ1n) is 5.33. The highest BCUT2D eigenvalue weighted by molar-refractivity contribution is 6.05. The van der Waals surface area contributed by atoms with E-state index in [1.165, 1.54) is 5.57 Å². The van der Waals surface area contributed by atoms with Gasteiger partial charge in [0.05, 0.1) is 0 Å². The van der Waals surface area contributed by atoms with Gasteiger partial charge < -0.3 is 0 Å². The minimum Gasteiger partial charge on any atom is -0.294 e. The van der Waals surface area contributed by atoms with E-state index in [1.807, 2.05) is 24.3 Å². The Balaban J connectivity index is 2.59. The monoisotopic (exact) mass is 200 g/mol. The molecule has 1 aromatic carbocycles. The molecule has 0 bridgehead atoms. The molecular formula is C14H16O. The van der Waals surface area contributed by atoms with E-state index in [4.69, 9.17) is 0 Å². The highest BCUT2D eigenvalue weighted by atomic mass is 16.1. The van der Waals surface area contributed by atoms with Crippen molar-refractivity contribution in [3.05, 3.63) is 41.5 Å². The fourth-order valence-electron chi connectivity index (χ4n) is 2.09. The Bertz CT molecular complexity index is 433. The zero-order valence-corrected chi connectivity index (χ0v) is 9.50. The lowest BCUT2D eigenvalue weighted by Gasteiger charge is -2.27. The molecule has 1 heteroatoms. The predicted molar refractivity (Wildman–Crippen MR) is 62.8 cm³/mol. The van der Waals surface area contributed by atoms with Crippen LogP contribution in [0.15, 0.2) is 30.3 Å². The van der Waals surface area contributed by atoms with Crippen LogP contribution < -0.4 is 0 Å². The molecule has 0 fully saturated rings. The average Bonchev–Trinajstić information content (AvgIpc) is 2.17. The lowest BCUT2D eigenvalue weighted by molar-refractivity contribution is 0.0994.